The quantitative estimate of drug-likeness (QED) is 0.705. The van der Waals surface area contributed by atoms with Crippen LogP contribution in [0.3, 0.4) is 0 Å². The molecule has 1 fully saturated rings. The average molecular weight is 432 g/mol. The van der Waals surface area contributed by atoms with Gasteiger partial charge in [-0.15, -0.1) is 0 Å². The molecular formula is C20H22BrN3O3. The number of nitrogens with zero attached hydrogens (tertiary/aromatic N) is 1. The van der Waals surface area contributed by atoms with Crippen LogP contribution in [0.5, 0.6) is 5.75 Å². The lowest BCUT2D eigenvalue weighted by Gasteiger charge is -2.22. The van der Waals surface area contributed by atoms with Crippen LogP contribution in [0.4, 0.5) is 5.69 Å². The first-order valence-electron chi connectivity index (χ1n) is 8.82. The van der Waals surface area contributed by atoms with E-state index in [2.05, 4.69) is 26.1 Å². The van der Waals surface area contributed by atoms with Gasteiger partial charge in [-0.2, -0.15) is 0 Å². The molecule has 2 amide bonds. The van der Waals surface area contributed by atoms with Crippen molar-refractivity contribution < 1.29 is 14.3 Å². The summed E-state index contributed by atoms with van der Waals surface area (Å²) in [5.74, 6) is 0.127. The Hall–Kier alpha value is -2.38. The molecule has 3 N–H and O–H groups in total. The molecule has 0 aromatic heterocycles. The van der Waals surface area contributed by atoms with Crippen LogP contribution in [-0.2, 0) is 16.1 Å². The largest absolute Gasteiger partial charge is 0.484 e. The summed E-state index contributed by atoms with van der Waals surface area (Å²) in [6.45, 7) is 1.42. The molecule has 1 atom stereocenters. The lowest BCUT2D eigenvalue weighted by atomic mass is 10.1. The second kappa shape index (κ2) is 9.01. The summed E-state index contributed by atoms with van der Waals surface area (Å²) in [6.07, 6.45) is 1.77. The van der Waals surface area contributed by atoms with Gasteiger partial charge < -0.3 is 15.8 Å². The van der Waals surface area contributed by atoms with Crippen molar-refractivity contribution in [2.45, 2.75) is 25.4 Å². The number of amides is 2. The molecule has 0 spiro atoms. The maximum absolute atomic E-state index is 12.1. The maximum atomic E-state index is 12.1. The van der Waals surface area contributed by atoms with Crippen molar-refractivity contribution in [1.82, 2.24) is 4.90 Å². The van der Waals surface area contributed by atoms with Gasteiger partial charge in [-0.25, -0.2) is 0 Å². The van der Waals surface area contributed by atoms with E-state index in [1.807, 2.05) is 36.4 Å². The van der Waals surface area contributed by atoms with Crippen molar-refractivity contribution in [3.05, 3.63) is 58.6 Å². The molecule has 1 unspecified atom stereocenters. The van der Waals surface area contributed by atoms with Crippen LogP contribution in [0.1, 0.15) is 18.4 Å². The molecule has 1 heterocycles. The number of likely N-dealkylation sites (tertiary alicyclic amines) is 1. The van der Waals surface area contributed by atoms with Crippen LogP contribution in [0.2, 0.25) is 0 Å². The van der Waals surface area contributed by atoms with Crippen molar-refractivity contribution in [3.63, 3.8) is 0 Å². The molecule has 7 heteroatoms. The van der Waals surface area contributed by atoms with Crippen LogP contribution in [0, 0.1) is 0 Å². The summed E-state index contributed by atoms with van der Waals surface area (Å²) in [6, 6.07) is 14.7. The number of benzene rings is 2. The van der Waals surface area contributed by atoms with Gasteiger partial charge in [-0.1, -0.05) is 28.1 Å². The number of halogens is 1. The molecular weight excluding hydrogens is 410 g/mol. The average Bonchev–Trinajstić information content (AvgIpc) is 3.10. The molecule has 0 aliphatic carbocycles. The van der Waals surface area contributed by atoms with Gasteiger partial charge >= 0.3 is 0 Å². The number of carbonyl (C=O) groups excluding carboxylic acids is 2. The zero-order chi connectivity index (χ0) is 19.2. The second-order valence-corrected chi connectivity index (χ2v) is 7.44. The number of rotatable bonds is 7. The molecule has 142 valence electrons. The molecule has 0 radical (unpaired) electrons. The minimum Gasteiger partial charge on any atom is -0.484 e. The van der Waals surface area contributed by atoms with E-state index in [1.54, 1.807) is 12.1 Å². The highest BCUT2D eigenvalue weighted by atomic mass is 79.9. The molecule has 1 aliphatic rings. The number of carbonyl (C=O) groups is 2. The standard InChI is InChI=1S/C20H22BrN3O3/c21-15-6-8-17(9-7-15)27-13-19(25)23-16-4-1-3-14(11-16)12-24-10-2-5-18(24)20(22)26/h1,3-4,6-9,11,18H,2,5,10,12-13H2,(H2,22,26)(H,23,25). The Morgan fingerprint density at radius 2 is 2.00 bits per heavy atom. The Kier molecular flexibility index (Phi) is 6.47. The summed E-state index contributed by atoms with van der Waals surface area (Å²) in [5, 5.41) is 2.84. The zero-order valence-electron chi connectivity index (χ0n) is 14.9. The number of nitrogens with one attached hydrogen (secondary N) is 1. The molecule has 3 rings (SSSR count). The highest BCUT2D eigenvalue weighted by molar-refractivity contribution is 9.10. The number of hydrogen-bond acceptors (Lipinski definition) is 4. The number of hydrogen-bond donors (Lipinski definition) is 2. The molecule has 1 saturated heterocycles. The fourth-order valence-corrected chi connectivity index (χ4v) is 3.46. The van der Waals surface area contributed by atoms with Crippen molar-refractivity contribution in [2.75, 3.05) is 18.5 Å². The van der Waals surface area contributed by atoms with Gasteiger partial charge in [0.15, 0.2) is 6.61 Å². The van der Waals surface area contributed by atoms with Gasteiger partial charge in [0, 0.05) is 16.7 Å². The third-order valence-corrected chi connectivity index (χ3v) is 5.00. The smallest absolute Gasteiger partial charge is 0.262 e. The number of nitrogens with two attached hydrogens (primary N) is 1. The Bertz CT molecular complexity index is 810. The number of ether oxygens (including phenoxy) is 1. The first-order valence-corrected chi connectivity index (χ1v) is 9.61. The van der Waals surface area contributed by atoms with E-state index >= 15 is 0 Å². The predicted molar refractivity (Wildman–Crippen MR) is 107 cm³/mol. The van der Waals surface area contributed by atoms with Crippen LogP contribution < -0.4 is 15.8 Å². The van der Waals surface area contributed by atoms with Crippen LogP contribution in [-0.4, -0.2) is 35.9 Å². The fraction of sp³-hybridized carbons (Fsp3) is 0.300. The van der Waals surface area contributed by atoms with Gasteiger partial charge in [0.05, 0.1) is 6.04 Å². The van der Waals surface area contributed by atoms with Gasteiger partial charge in [0.1, 0.15) is 5.75 Å². The summed E-state index contributed by atoms with van der Waals surface area (Å²) in [4.78, 5) is 25.7. The summed E-state index contributed by atoms with van der Waals surface area (Å²) in [5.41, 5.74) is 7.20. The minimum absolute atomic E-state index is 0.0677. The van der Waals surface area contributed by atoms with Gasteiger partial charge in [-0.3, -0.25) is 14.5 Å². The molecule has 6 nitrogen and oxygen atoms in total. The molecule has 2 aromatic carbocycles. The van der Waals surface area contributed by atoms with E-state index in [1.165, 1.54) is 0 Å². The SMILES string of the molecule is NC(=O)C1CCCN1Cc1cccc(NC(=O)COc2ccc(Br)cc2)c1. The maximum Gasteiger partial charge on any atom is 0.262 e. The normalized spacial score (nSPS) is 16.9. The summed E-state index contributed by atoms with van der Waals surface area (Å²) >= 11 is 3.36. The Morgan fingerprint density at radius 3 is 2.74 bits per heavy atom. The highest BCUT2D eigenvalue weighted by Crippen LogP contribution is 2.21. The molecule has 2 aromatic rings. The van der Waals surface area contributed by atoms with Crippen molar-refractivity contribution in [1.29, 1.82) is 0 Å². The van der Waals surface area contributed by atoms with E-state index < -0.39 is 0 Å². The first-order chi connectivity index (χ1) is 13.0. The van der Waals surface area contributed by atoms with Crippen molar-refractivity contribution in [3.8, 4) is 5.75 Å². The van der Waals surface area contributed by atoms with E-state index in [4.69, 9.17) is 10.5 Å². The number of primary amides is 1. The monoisotopic (exact) mass is 431 g/mol. The third kappa shape index (κ3) is 5.55. The van der Waals surface area contributed by atoms with Gasteiger partial charge in [-0.05, 0) is 61.3 Å². The third-order valence-electron chi connectivity index (χ3n) is 4.47. The van der Waals surface area contributed by atoms with E-state index in [9.17, 15) is 9.59 Å². The van der Waals surface area contributed by atoms with Crippen molar-refractivity contribution in [2.24, 2.45) is 5.73 Å². The van der Waals surface area contributed by atoms with Crippen LogP contribution >= 0.6 is 15.9 Å². The van der Waals surface area contributed by atoms with E-state index in [0.717, 1.165) is 29.4 Å². The second-order valence-electron chi connectivity index (χ2n) is 6.52. The Morgan fingerprint density at radius 1 is 1.22 bits per heavy atom. The highest BCUT2D eigenvalue weighted by Gasteiger charge is 2.28. The zero-order valence-corrected chi connectivity index (χ0v) is 16.4. The van der Waals surface area contributed by atoms with Gasteiger partial charge in [0.25, 0.3) is 5.91 Å². The topological polar surface area (TPSA) is 84.7 Å². The Labute approximate surface area is 166 Å². The van der Waals surface area contributed by atoms with Crippen LogP contribution in [0.25, 0.3) is 0 Å². The van der Waals surface area contributed by atoms with Gasteiger partial charge in [0.2, 0.25) is 5.91 Å². The molecule has 0 saturated carbocycles. The summed E-state index contributed by atoms with van der Waals surface area (Å²) < 4.78 is 6.43. The molecule has 1 aliphatic heterocycles. The van der Waals surface area contributed by atoms with E-state index in [-0.39, 0.29) is 24.5 Å². The molecule has 27 heavy (non-hydrogen) atoms. The minimum atomic E-state index is -0.276. The summed E-state index contributed by atoms with van der Waals surface area (Å²) in [7, 11) is 0. The first kappa shape index (κ1) is 19.4. The van der Waals surface area contributed by atoms with E-state index in [0.29, 0.717) is 18.0 Å². The Balaban J connectivity index is 1.54. The fourth-order valence-electron chi connectivity index (χ4n) is 3.20. The van der Waals surface area contributed by atoms with Crippen LogP contribution in [0.15, 0.2) is 53.0 Å². The number of anilines is 1. The van der Waals surface area contributed by atoms with Crippen molar-refractivity contribution >= 4 is 33.4 Å². The predicted octanol–water partition coefficient (Wildman–Crippen LogP) is 2.92. The lowest BCUT2D eigenvalue weighted by molar-refractivity contribution is -0.122. The molecule has 0 bridgehead atoms. The lowest BCUT2D eigenvalue weighted by Crippen LogP contribution is -2.39.